The number of rotatable bonds is 3. The lowest BCUT2D eigenvalue weighted by molar-refractivity contribution is -0.146. The second-order valence-corrected chi connectivity index (χ2v) is 5.37. The Hall–Kier alpha value is -1.35. The van der Waals surface area contributed by atoms with Crippen molar-refractivity contribution in [3.05, 3.63) is 48.0 Å². The first-order valence-corrected chi connectivity index (χ1v) is 6.83. The Kier molecular flexibility index (Phi) is 4.02. The van der Waals surface area contributed by atoms with Crippen LogP contribution in [0.3, 0.4) is 0 Å². The fraction of sp³-hybridized carbons (Fsp3) is 0.267. The molecule has 0 saturated heterocycles. The van der Waals surface area contributed by atoms with Gasteiger partial charge in [0.2, 0.25) is 0 Å². The maximum atomic E-state index is 11.8. The first kappa shape index (κ1) is 13.1. The maximum absolute atomic E-state index is 11.8. The number of benzene rings is 2. The second kappa shape index (κ2) is 5.53. The molecular formula is C15H15BrO2. The number of hydrogen-bond donors (Lipinski definition) is 0. The van der Waals surface area contributed by atoms with Gasteiger partial charge in [-0.05, 0) is 36.2 Å². The lowest BCUT2D eigenvalue weighted by Gasteiger charge is -2.13. The van der Waals surface area contributed by atoms with Crippen molar-refractivity contribution < 1.29 is 9.53 Å². The zero-order valence-electron chi connectivity index (χ0n) is 10.4. The number of carbonyl (C=O) groups excluding carboxylic acids is 1. The van der Waals surface area contributed by atoms with Gasteiger partial charge in [0.15, 0.2) is 0 Å². The number of fused-ring (bicyclic) bond motifs is 1. The third-order valence-corrected chi connectivity index (χ3v) is 3.53. The Bertz CT molecular complexity index is 563. The van der Waals surface area contributed by atoms with Crippen LogP contribution in [0.5, 0.6) is 0 Å². The third kappa shape index (κ3) is 2.91. The van der Waals surface area contributed by atoms with Crippen molar-refractivity contribution >= 4 is 32.7 Å². The molecule has 2 aromatic rings. The fourth-order valence-electron chi connectivity index (χ4n) is 1.79. The summed E-state index contributed by atoms with van der Waals surface area (Å²) in [7, 11) is 0. The van der Waals surface area contributed by atoms with Gasteiger partial charge in [0.05, 0.1) is 6.10 Å². The molecule has 2 rings (SSSR count). The number of ether oxygens (including phenoxy) is 1. The number of alkyl halides is 1. The van der Waals surface area contributed by atoms with E-state index in [1.165, 1.54) is 0 Å². The van der Waals surface area contributed by atoms with E-state index in [1.807, 2.05) is 50.2 Å². The summed E-state index contributed by atoms with van der Waals surface area (Å²) < 4.78 is 5.19. The van der Waals surface area contributed by atoms with Gasteiger partial charge in [0, 0.05) is 0 Å². The van der Waals surface area contributed by atoms with Crippen molar-refractivity contribution in [2.45, 2.75) is 24.8 Å². The van der Waals surface area contributed by atoms with E-state index in [-0.39, 0.29) is 12.1 Å². The van der Waals surface area contributed by atoms with Crippen molar-refractivity contribution in [2.24, 2.45) is 0 Å². The molecular weight excluding hydrogens is 292 g/mol. The van der Waals surface area contributed by atoms with Crippen LogP contribution in [0.1, 0.15) is 24.2 Å². The molecule has 2 nitrogen and oxygen atoms in total. The predicted molar refractivity (Wildman–Crippen MR) is 76.8 cm³/mol. The molecule has 0 amide bonds. The molecule has 0 fully saturated rings. The smallest absolute Gasteiger partial charge is 0.324 e. The molecule has 0 spiro atoms. The van der Waals surface area contributed by atoms with Gasteiger partial charge >= 0.3 is 5.97 Å². The summed E-state index contributed by atoms with van der Waals surface area (Å²) in [6.45, 7) is 3.69. The Labute approximate surface area is 115 Å². The summed E-state index contributed by atoms with van der Waals surface area (Å²) in [6.07, 6.45) is -0.0991. The minimum absolute atomic E-state index is 0.0991. The lowest BCUT2D eigenvalue weighted by atomic mass is 10.1. The van der Waals surface area contributed by atoms with Gasteiger partial charge in [-0.15, -0.1) is 0 Å². The monoisotopic (exact) mass is 306 g/mol. The Morgan fingerprint density at radius 2 is 1.78 bits per heavy atom. The molecule has 0 heterocycles. The minimum Gasteiger partial charge on any atom is -0.462 e. The Morgan fingerprint density at radius 3 is 2.44 bits per heavy atom. The average molecular weight is 307 g/mol. The van der Waals surface area contributed by atoms with Gasteiger partial charge in [-0.3, -0.25) is 4.79 Å². The molecule has 18 heavy (non-hydrogen) atoms. The molecule has 3 heteroatoms. The van der Waals surface area contributed by atoms with Crippen LogP contribution in [0.4, 0.5) is 0 Å². The molecule has 0 radical (unpaired) electrons. The normalized spacial score (nSPS) is 12.7. The highest BCUT2D eigenvalue weighted by Gasteiger charge is 2.19. The van der Waals surface area contributed by atoms with Crippen molar-refractivity contribution in [2.75, 3.05) is 0 Å². The van der Waals surface area contributed by atoms with E-state index < -0.39 is 4.83 Å². The van der Waals surface area contributed by atoms with E-state index >= 15 is 0 Å². The van der Waals surface area contributed by atoms with Gasteiger partial charge in [0.1, 0.15) is 4.83 Å². The van der Waals surface area contributed by atoms with E-state index in [0.29, 0.717) is 0 Å². The average Bonchev–Trinajstić information content (AvgIpc) is 2.36. The lowest BCUT2D eigenvalue weighted by Crippen LogP contribution is -2.15. The summed E-state index contributed by atoms with van der Waals surface area (Å²) in [5.74, 6) is -0.250. The van der Waals surface area contributed by atoms with E-state index in [1.54, 1.807) is 0 Å². The molecule has 0 N–H and O–H groups in total. The van der Waals surface area contributed by atoms with Crippen LogP contribution in [-0.2, 0) is 9.53 Å². The van der Waals surface area contributed by atoms with Crippen LogP contribution in [0.2, 0.25) is 0 Å². The molecule has 0 aliphatic rings. The van der Waals surface area contributed by atoms with E-state index in [2.05, 4.69) is 22.0 Å². The number of hydrogen-bond acceptors (Lipinski definition) is 2. The predicted octanol–water partition coefficient (Wildman–Crippen LogP) is 4.23. The molecule has 0 aliphatic carbocycles. The van der Waals surface area contributed by atoms with Crippen LogP contribution in [-0.4, -0.2) is 12.1 Å². The molecule has 0 bridgehead atoms. The van der Waals surface area contributed by atoms with Crippen LogP contribution >= 0.6 is 15.9 Å². The standard InChI is InChI=1S/C15H15BrO2/c1-10(2)18-15(17)14(16)13-8-7-11-5-3-4-6-12(11)9-13/h3-10,14H,1-2H3. The number of esters is 1. The van der Waals surface area contributed by atoms with Crippen LogP contribution in [0.25, 0.3) is 10.8 Å². The topological polar surface area (TPSA) is 26.3 Å². The highest BCUT2D eigenvalue weighted by atomic mass is 79.9. The quantitative estimate of drug-likeness (QED) is 0.626. The molecule has 0 aliphatic heterocycles. The van der Waals surface area contributed by atoms with Gasteiger partial charge in [-0.2, -0.15) is 0 Å². The first-order valence-electron chi connectivity index (χ1n) is 5.91. The molecule has 1 atom stereocenters. The van der Waals surface area contributed by atoms with Crippen LogP contribution in [0, 0.1) is 0 Å². The van der Waals surface area contributed by atoms with Crippen molar-refractivity contribution in [3.8, 4) is 0 Å². The second-order valence-electron chi connectivity index (χ2n) is 4.45. The molecule has 0 saturated carbocycles. The van der Waals surface area contributed by atoms with Crippen LogP contribution in [0.15, 0.2) is 42.5 Å². The summed E-state index contributed by atoms with van der Waals surface area (Å²) >= 11 is 3.39. The zero-order chi connectivity index (χ0) is 13.1. The molecule has 94 valence electrons. The van der Waals surface area contributed by atoms with Gasteiger partial charge < -0.3 is 4.74 Å². The minimum atomic E-state index is -0.412. The van der Waals surface area contributed by atoms with Gasteiger partial charge in [-0.25, -0.2) is 0 Å². The molecule has 1 unspecified atom stereocenters. The zero-order valence-corrected chi connectivity index (χ0v) is 12.0. The van der Waals surface area contributed by atoms with E-state index in [0.717, 1.165) is 16.3 Å². The SMILES string of the molecule is CC(C)OC(=O)C(Br)c1ccc2ccccc2c1. The van der Waals surface area contributed by atoms with Crippen molar-refractivity contribution in [1.29, 1.82) is 0 Å². The van der Waals surface area contributed by atoms with Gasteiger partial charge in [0.25, 0.3) is 0 Å². The molecule has 2 aromatic carbocycles. The summed E-state index contributed by atoms with van der Waals surface area (Å²) in [4.78, 5) is 11.4. The number of carbonyl (C=O) groups is 1. The highest BCUT2D eigenvalue weighted by Crippen LogP contribution is 2.27. The number of halogens is 1. The van der Waals surface area contributed by atoms with Crippen molar-refractivity contribution in [3.63, 3.8) is 0 Å². The Balaban J connectivity index is 2.27. The van der Waals surface area contributed by atoms with Crippen LogP contribution < -0.4 is 0 Å². The summed E-state index contributed by atoms with van der Waals surface area (Å²) in [5.41, 5.74) is 0.916. The van der Waals surface area contributed by atoms with E-state index in [4.69, 9.17) is 4.74 Å². The third-order valence-electron chi connectivity index (χ3n) is 2.62. The van der Waals surface area contributed by atoms with Gasteiger partial charge in [-0.1, -0.05) is 52.3 Å². The summed E-state index contributed by atoms with van der Waals surface area (Å²) in [6, 6.07) is 14.0. The first-order chi connectivity index (χ1) is 8.58. The van der Waals surface area contributed by atoms with Crippen molar-refractivity contribution in [1.82, 2.24) is 0 Å². The fourth-order valence-corrected chi connectivity index (χ4v) is 2.19. The highest BCUT2D eigenvalue weighted by molar-refractivity contribution is 9.09. The molecule has 0 aromatic heterocycles. The Morgan fingerprint density at radius 1 is 1.11 bits per heavy atom. The summed E-state index contributed by atoms with van der Waals surface area (Å²) in [5, 5.41) is 2.29. The largest absolute Gasteiger partial charge is 0.462 e. The van der Waals surface area contributed by atoms with E-state index in [9.17, 15) is 4.79 Å². The maximum Gasteiger partial charge on any atom is 0.324 e.